The van der Waals surface area contributed by atoms with Crippen molar-refractivity contribution < 1.29 is 17.6 Å². The molecule has 0 aliphatic carbocycles. The standard InChI is InChI=1S/C8H11F3N2O/c9-8(10,11)4-6-5-13-7(14-6)2-1-3-12/h5H,1-4,12H2. The van der Waals surface area contributed by atoms with Gasteiger partial charge in [-0.25, -0.2) is 4.98 Å². The Hall–Kier alpha value is -1.04. The van der Waals surface area contributed by atoms with Crippen LogP contribution in [0, 0.1) is 0 Å². The van der Waals surface area contributed by atoms with Gasteiger partial charge in [-0.15, -0.1) is 0 Å². The average Bonchev–Trinajstić information content (AvgIpc) is 2.46. The zero-order chi connectivity index (χ0) is 10.6. The lowest BCUT2D eigenvalue weighted by molar-refractivity contribution is -0.130. The molecule has 0 saturated heterocycles. The van der Waals surface area contributed by atoms with Gasteiger partial charge in [-0.3, -0.25) is 0 Å². The number of aryl methyl sites for hydroxylation is 1. The van der Waals surface area contributed by atoms with Crippen molar-refractivity contribution in [3.05, 3.63) is 17.8 Å². The van der Waals surface area contributed by atoms with Crippen molar-refractivity contribution in [2.24, 2.45) is 5.73 Å². The van der Waals surface area contributed by atoms with Crippen molar-refractivity contribution >= 4 is 0 Å². The molecule has 0 bridgehead atoms. The molecule has 1 rings (SSSR count). The number of alkyl halides is 3. The molecule has 14 heavy (non-hydrogen) atoms. The van der Waals surface area contributed by atoms with E-state index in [1.807, 2.05) is 0 Å². The van der Waals surface area contributed by atoms with Crippen LogP contribution in [-0.4, -0.2) is 17.7 Å². The number of hydrogen-bond acceptors (Lipinski definition) is 3. The zero-order valence-electron chi connectivity index (χ0n) is 7.47. The summed E-state index contributed by atoms with van der Waals surface area (Å²) in [4.78, 5) is 3.72. The second kappa shape index (κ2) is 4.45. The first-order chi connectivity index (χ1) is 6.51. The van der Waals surface area contributed by atoms with Crippen molar-refractivity contribution in [3.8, 4) is 0 Å². The van der Waals surface area contributed by atoms with E-state index in [1.165, 1.54) is 0 Å². The molecule has 0 radical (unpaired) electrons. The van der Waals surface area contributed by atoms with E-state index < -0.39 is 12.6 Å². The lowest BCUT2D eigenvalue weighted by Gasteiger charge is -2.01. The first-order valence-corrected chi connectivity index (χ1v) is 4.21. The van der Waals surface area contributed by atoms with Crippen molar-refractivity contribution in [2.45, 2.75) is 25.4 Å². The van der Waals surface area contributed by atoms with Gasteiger partial charge in [-0.1, -0.05) is 0 Å². The Morgan fingerprint density at radius 2 is 2.14 bits per heavy atom. The third-order valence-corrected chi connectivity index (χ3v) is 1.57. The van der Waals surface area contributed by atoms with Gasteiger partial charge in [-0.05, 0) is 13.0 Å². The number of hydrogen-bond donors (Lipinski definition) is 1. The van der Waals surface area contributed by atoms with Gasteiger partial charge in [0, 0.05) is 6.42 Å². The normalized spacial score (nSPS) is 12.0. The molecule has 0 aliphatic rings. The monoisotopic (exact) mass is 208 g/mol. The highest BCUT2D eigenvalue weighted by atomic mass is 19.4. The number of oxazole rings is 1. The molecule has 0 fully saturated rings. The maximum absolute atomic E-state index is 11.9. The Balaban J connectivity index is 2.51. The summed E-state index contributed by atoms with van der Waals surface area (Å²) in [5, 5.41) is 0. The van der Waals surface area contributed by atoms with E-state index in [4.69, 9.17) is 10.2 Å². The summed E-state index contributed by atoms with van der Waals surface area (Å²) in [6.45, 7) is 0.469. The fraction of sp³-hybridized carbons (Fsp3) is 0.625. The maximum atomic E-state index is 11.9. The largest absolute Gasteiger partial charge is 0.445 e. The second-order valence-corrected chi connectivity index (χ2v) is 2.90. The van der Waals surface area contributed by atoms with E-state index in [9.17, 15) is 13.2 Å². The Morgan fingerprint density at radius 1 is 1.43 bits per heavy atom. The molecule has 0 unspecified atom stereocenters. The van der Waals surface area contributed by atoms with Crippen LogP contribution < -0.4 is 5.73 Å². The van der Waals surface area contributed by atoms with Crippen molar-refractivity contribution in [3.63, 3.8) is 0 Å². The molecule has 1 heterocycles. The van der Waals surface area contributed by atoms with Gasteiger partial charge in [-0.2, -0.15) is 13.2 Å². The summed E-state index contributed by atoms with van der Waals surface area (Å²) < 4.78 is 40.6. The molecule has 0 saturated carbocycles. The van der Waals surface area contributed by atoms with Crippen LogP contribution in [0.25, 0.3) is 0 Å². The topological polar surface area (TPSA) is 52.0 Å². The Labute approximate surface area is 79.1 Å². The molecular weight excluding hydrogens is 197 g/mol. The molecule has 0 atom stereocenters. The van der Waals surface area contributed by atoms with E-state index in [0.717, 1.165) is 6.20 Å². The molecule has 6 heteroatoms. The molecule has 0 aromatic carbocycles. The average molecular weight is 208 g/mol. The van der Waals surface area contributed by atoms with Gasteiger partial charge >= 0.3 is 6.18 Å². The Morgan fingerprint density at radius 3 is 2.71 bits per heavy atom. The molecule has 1 aromatic heterocycles. The van der Waals surface area contributed by atoms with Crippen molar-refractivity contribution in [1.82, 2.24) is 4.98 Å². The van der Waals surface area contributed by atoms with Crippen LogP contribution in [0.1, 0.15) is 18.1 Å². The number of nitrogens with two attached hydrogens (primary N) is 1. The van der Waals surface area contributed by atoms with Crippen molar-refractivity contribution in [1.29, 1.82) is 0 Å². The highest BCUT2D eigenvalue weighted by Gasteiger charge is 2.29. The van der Waals surface area contributed by atoms with Crippen LogP contribution in [-0.2, 0) is 12.8 Å². The van der Waals surface area contributed by atoms with Crippen molar-refractivity contribution in [2.75, 3.05) is 6.54 Å². The van der Waals surface area contributed by atoms with E-state index >= 15 is 0 Å². The highest BCUT2D eigenvalue weighted by molar-refractivity contribution is 4.96. The quantitative estimate of drug-likeness (QED) is 0.818. The minimum atomic E-state index is -4.25. The fourth-order valence-electron chi connectivity index (χ4n) is 0.996. The molecule has 1 aromatic rings. The van der Waals surface area contributed by atoms with Gasteiger partial charge in [0.1, 0.15) is 12.2 Å². The van der Waals surface area contributed by atoms with Gasteiger partial charge in [0.05, 0.1) is 6.20 Å². The fourth-order valence-corrected chi connectivity index (χ4v) is 0.996. The predicted octanol–water partition coefficient (Wildman–Crippen LogP) is 1.67. The zero-order valence-corrected chi connectivity index (χ0v) is 7.47. The van der Waals surface area contributed by atoms with E-state index in [-0.39, 0.29) is 5.76 Å². The lowest BCUT2D eigenvalue weighted by atomic mass is 10.3. The minimum Gasteiger partial charge on any atom is -0.445 e. The Bertz CT molecular complexity index is 282. The van der Waals surface area contributed by atoms with Gasteiger partial charge in [0.25, 0.3) is 0 Å². The molecule has 0 amide bonds. The van der Waals surface area contributed by atoms with Crippen LogP contribution in [0.15, 0.2) is 10.6 Å². The summed E-state index contributed by atoms with van der Waals surface area (Å²) in [5.74, 6) is 0.166. The summed E-state index contributed by atoms with van der Waals surface area (Å²) in [5.41, 5.74) is 5.24. The van der Waals surface area contributed by atoms with E-state index in [2.05, 4.69) is 4.98 Å². The third-order valence-electron chi connectivity index (χ3n) is 1.57. The van der Waals surface area contributed by atoms with Gasteiger partial charge in [0.2, 0.25) is 0 Å². The number of nitrogens with zero attached hydrogens (tertiary/aromatic N) is 1. The van der Waals surface area contributed by atoms with Crippen LogP contribution in [0.3, 0.4) is 0 Å². The van der Waals surface area contributed by atoms with Crippen LogP contribution >= 0.6 is 0 Å². The lowest BCUT2D eigenvalue weighted by Crippen LogP contribution is -2.10. The first kappa shape index (κ1) is 11.0. The summed E-state index contributed by atoms with van der Waals surface area (Å²) in [6.07, 6.45) is -3.06. The summed E-state index contributed by atoms with van der Waals surface area (Å²) in [7, 11) is 0. The molecule has 3 nitrogen and oxygen atoms in total. The predicted molar refractivity (Wildman–Crippen MR) is 43.6 cm³/mol. The second-order valence-electron chi connectivity index (χ2n) is 2.90. The smallest absolute Gasteiger partial charge is 0.396 e. The highest BCUT2D eigenvalue weighted by Crippen LogP contribution is 2.21. The maximum Gasteiger partial charge on any atom is 0.396 e. The van der Waals surface area contributed by atoms with Crippen LogP contribution in [0.4, 0.5) is 13.2 Å². The molecular formula is C8H11F3N2O. The van der Waals surface area contributed by atoms with Crippen LogP contribution in [0.2, 0.25) is 0 Å². The molecule has 0 aliphatic heterocycles. The SMILES string of the molecule is NCCCc1ncc(CC(F)(F)F)o1. The minimum absolute atomic E-state index is 0.149. The summed E-state index contributed by atoms with van der Waals surface area (Å²) >= 11 is 0. The number of halogens is 3. The molecule has 0 spiro atoms. The third kappa shape index (κ3) is 3.78. The number of rotatable bonds is 4. The Kier molecular flexibility index (Phi) is 3.51. The van der Waals surface area contributed by atoms with Crippen LogP contribution in [0.5, 0.6) is 0 Å². The molecule has 2 N–H and O–H groups in total. The molecule has 80 valence electrons. The van der Waals surface area contributed by atoms with E-state index in [1.54, 1.807) is 0 Å². The van der Waals surface area contributed by atoms with Gasteiger partial charge < -0.3 is 10.2 Å². The van der Waals surface area contributed by atoms with E-state index in [0.29, 0.717) is 25.3 Å². The number of aromatic nitrogens is 1. The van der Waals surface area contributed by atoms with Gasteiger partial charge in [0.15, 0.2) is 5.89 Å². The summed E-state index contributed by atoms with van der Waals surface area (Å²) in [6, 6.07) is 0. The first-order valence-electron chi connectivity index (χ1n) is 4.21.